The molecule has 1 atom stereocenters. The molecule has 2 nitrogen and oxygen atoms in total. The molecule has 2 aromatic carbocycles. The lowest BCUT2D eigenvalue weighted by atomic mass is 9.96. The van der Waals surface area contributed by atoms with Crippen molar-refractivity contribution < 1.29 is 4.21 Å². The summed E-state index contributed by atoms with van der Waals surface area (Å²) >= 11 is 6.17. The van der Waals surface area contributed by atoms with Gasteiger partial charge in [-0.1, -0.05) is 35.9 Å². The first kappa shape index (κ1) is 15.5. The molecule has 1 heterocycles. The number of hydrogen-bond donors (Lipinski definition) is 0. The highest BCUT2D eigenvalue weighted by Crippen LogP contribution is 2.40. The van der Waals surface area contributed by atoms with Gasteiger partial charge in [-0.3, -0.25) is 0 Å². The second kappa shape index (κ2) is 6.37. The molecule has 0 radical (unpaired) electrons. The molecule has 114 valence electrons. The number of halogens is 1. The summed E-state index contributed by atoms with van der Waals surface area (Å²) in [7, 11) is 2.98. The molecule has 0 amide bonds. The fraction of sp³-hybridized carbons (Fsp3) is 0.222. The third-order valence-corrected chi connectivity index (χ3v) is 5.48. The molecule has 0 spiro atoms. The summed E-state index contributed by atoms with van der Waals surface area (Å²) in [5.41, 5.74) is 3.17. The highest BCUT2D eigenvalue weighted by Gasteiger charge is 2.25. The Labute approximate surface area is 138 Å². The summed E-state index contributed by atoms with van der Waals surface area (Å²) in [4.78, 5) is 3.88. The molecule has 2 aromatic rings. The number of benzene rings is 2. The van der Waals surface area contributed by atoms with E-state index in [1.807, 2.05) is 42.5 Å². The van der Waals surface area contributed by atoms with Crippen molar-refractivity contribution in [2.75, 3.05) is 20.6 Å². The van der Waals surface area contributed by atoms with Crippen LogP contribution in [-0.4, -0.2) is 29.7 Å². The van der Waals surface area contributed by atoms with Crippen LogP contribution in [0.4, 0.5) is 0 Å². The van der Waals surface area contributed by atoms with E-state index in [1.165, 1.54) is 0 Å². The zero-order chi connectivity index (χ0) is 15.7. The molecule has 0 saturated heterocycles. The second-order valence-electron chi connectivity index (χ2n) is 5.62. The van der Waals surface area contributed by atoms with Gasteiger partial charge in [0.2, 0.25) is 0 Å². The molecule has 0 fully saturated rings. The molecule has 0 N–H and O–H groups in total. The number of fused-ring (bicyclic) bond motifs is 2. The van der Waals surface area contributed by atoms with Gasteiger partial charge in [0.1, 0.15) is 0 Å². The minimum Gasteiger partial charge on any atom is -0.309 e. The summed E-state index contributed by atoms with van der Waals surface area (Å²) in [5.74, 6) is 0. The number of nitrogens with zero attached hydrogens (tertiary/aromatic N) is 1. The SMILES string of the molecule is CN(C)CC/C=C1/c2ccccc2S(=O)c2ccc(Cl)cc21. The van der Waals surface area contributed by atoms with E-state index in [0.29, 0.717) is 5.02 Å². The lowest BCUT2D eigenvalue weighted by Gasteiger charge is -2.22. The van der Waals surface area contributed by atoms with E-state index in [4.69, 9.17) is 11.6 Å². The Hall–Kier alpha value is -1.42. The van der Waals surface area contributed by atoms with Crippen molar-refractivity contribution in [1.82, 2.24) is 4.90 Å². The lowest BCUT2D eigenvalue weighted by Crippen LogP contribution is -2.13. The summed E-state index contributed by atoms with van der Waals surface area (Å²) < 4.78 is 12.8. The molecule has 0 saturated carbocycles. The van der Waals surface area contributed by atoms with Gasteiger partial charge in [0.25, 0.3) is 0 Å². The zero-order valence-electron chi connectivity index (χ0n) is 12.7. The third-order valence-electron chi connectivity index (χ3n) is 3.73. The predicted molar refractivity (Wildman–Crippen MR) is 92.8 cm³/mol. The van der Waals surface area contributed by atoms with E-state index in [9.17, 15) is 4.21 Å². The van der Waals surface area contributed by atoms with E-state index >= 15 is 0 Å². The van der Waals surface area contributed by atoms with Gasteiger partial charge in [0, 0.05) is 11.6 Å². The van der Waals surface area contributed by atoms with Crippen LogP contribution in [0.5, 0.6) is 0 Å². The average molecular weight is 332 g/mol. The molecule has 1 aliphatic heterocycles. The average Bonchev–Trinajstić information content (AvgIpc) is 2.50. The third kappa shape index (κ3) is 2.89. The van der Waals surface area contributed by atoms with Gasteiger partial charge in [-0.25, -0.2) is 4.21 Å². The first-order chi connectivity index (χ1) is 10.6. The molecule has 1 aliphatic rings. The first-order valence-electron chi connectivity index (χ1n) is 7.24. The van der Waals surface area contributed by atoms with E-state index in [0.717, 1.165) is 39.5 Å². The van der Waals surface area contributed by atoms with Gasteiger partial charge in [-0.05, 0) is 61.5 Å². The summed E-state index contributed by atoms with van der Waals surface area (Å²) in [6.45, 7) is 0.977. The molecule has 1 unspecified atom stereocenters. The van der Waals surface area contributed by atoms with Crippen LogP contribution in [0.3, 0.4) is 0 Å². The van der Waals surface area contributed by atoms with Gasteiger partial charge in [0.15, 0.2) is 0 Å². The monoisotopic (exact) mass is 331 g/mol. The molecular weight excluding hydrogens is 314 g/mol. The maximum atomic E-state index is 12.8. The van der Waals surface area contributed by atoms with Crippen LogP contribution in [0.2, 0.25) is 5.02 Å². The summed E-state index contributed by atoms with van der Waals surface area (Å²) in [6, 6.07) is 13.5. The normalized spacial score (nSPS) is 18.4. The maximum Gasteiger partial charge on any atom is 0.0862 e. The Morgan fingerprint density at radius 1 is 1.09 bits per heavy atom. The van der Waals surface area contributed by atoms with Crippen molar-refractivity contribution >= 4 is 28.0 Å². The lowest BCUT2D eigenvalue weighted by molar-refractivity contribution is 0.417. The summed E-state index contributed by atoms with van der Waals surface area (Å²) in [6.07, 6.45) is 3.17. The second-order valence-corrected chi connectivity index (χ2v) is 7.47. The van der Waals surface area contributed by atoms with Crippen molar-refractivity contribution in [3.05, 3.63) is 64.7 Å². The highest BCUT2D eigenvalue weighted by molar-refractivity contribution is 7.85. The zero-order valence-corrected chi connectivity index (χ0v) is 14.2. The Bertz CT molecular complexity index is 767. The fourth-order valence-corrected chi connectivity index (χ4v) is 4.22. The van der Waals surface area contributed by atoms with Gasteiger partial charge in [-0.15, -0.1) is 0 Å². The van der Waals surface area contributed by atoms with Crippen LogP contribution in [-0.2, 0) is 10.8 Å². The molecular formula is C18H18ClNOS. The Kier molecular flexibility index (Phi) is 4.48. The number of hydrogen-bond acceptors (Lipinski definition) is 2. The maximum absolute atomic E-state index is 12.8. The Balaban J connectivity index is 2.14. The van der Waals surface area contributed by atoms with Crippen LogP contribution in [0.25, 0.3) is 5.57 Å². The van der Waals surface area contributed by atoms with Crippen LogP contribution in [0.1, 0.15) is 17.5 Å². The van der Waals surface area contributed by atoms with E-state index in [-0.39, 0.29) is 0 Å². The predicted octanol–water partition coefficient (Wildman–Crippen LogP) is 4.20. The van der Waals surface area contributed by atoms with E-state index < -0.39 is 10.8 Å². The fourth-order valence-electron chi connectivity index (χ4n) is 2.68. The molecule has 4 heteroatoms. The summed E-state index contributed by atoms with van der Waals surface area (Å²) in [5, 5.41) is 0.675. The largest absolute Gasteiger partial charge is 0.309 e. The minimum atomic E-state index is -1.14. The van der Waals surface area contributed by atoms with Gasteiger partial charge in [0.05, 0.1) is 20.6 Å². The van der Waals surface area contributed by atoms with Crippen LogP contribution in [0, 0.1) is 0 Å². The van der Waals surface area contributed by atoms with Crippen molar-refractivity contribution in [2.24, 2.45) is 0 Å². The number of rotatable bonds is 3. The van der Waals surface area contributed by atoms with E-state index in [2.05, 4.69) is 25.1 Å². The molecule has 0 aromatic heterocycles. The first-order valence-corrected chi connectivity index (χ1v) is 8.76. The van der Waals surface area contributed by atoms with Crippen molar-refractivity contribution in [3.8, 4) is 0 Å². The Morgan fingerprint density at radius 3 is 2.59 bits per heavy atom. The smallest absolute Gasteiger partial charge is 0.0862 e. The van der Waals surface area contributed by atoms with Crippen molar-refractivity contribution in [3.63, 3.8) is 0 Å². The quantitative estimate of drug-likeness (QED) is 0.716. The molecule has 22 heavy (non-hydrogen) atoms. The molecule has 0 bridgehead atoms. The van der Waals surface area contributed by atoms with Gasteiger partial charge < -0.3 is 4.90 Å². The van der Waals surface area contributed by atoms with Gasteiger partial charge >= 0.3 is 0 Å². The molecule has 0 aliphatic carbocycles. The van der Waals surface area contributed by atoms with Crippen molar-refractivity contribution in [1.29, 1.82) is 0 Å². The van der Waals surface area contributed by atoms with Crippen LogP contribution in [0.15, 0.2) is 58.3 Å². The topological polar surface area (TPSA) is 20.3 Å². The van der Waals surface area contributed by atoms with Crippen LogP contribution < -0.4 is 0 Å². The standard InChI is InChI=1S/C18H18ClNOS/c1-20(2)11-5-7-14-15-6-3-4-8-17(15)22(21)18-10-9-13(19)12-16(14)18/h3-4,6-10,12H,5,11H2,1-2H3/b14-7-. The highest BCUT2D eigenvalue weighted by atomic mass is 35.5. The Morgan fingerprint density at radius 2 is 1.82 bits per heavy atom. The van der Waals surface area contributed by atoms with E-state index in [1.54, 1.807) is 0 Å². The van der Waals surface area contributed by atoms with Crippen LogP contribution >= 0.6 is 11.6 Å². The van der Waals surface area contributed by atoms with Gasteiger partial charge in [-0.2, -0.15) is 0 Å². The molecule has 3 rings (SSSR count). The minimum absolute atomic E-state index is 0.675. The van der Waals surface area contributed by atoms with Crippen molar-refractivity contribution in [2.45, 2.75) is 16.2 Å².